The average Bonchev–Trinajstić information content (AvgIpc) is 2.48. The van der Waals surface area contributed by atoms with E-state index in [1.165, 1.54) is 5.56 Å². The van der Waals surface area contributed by atoms with Crippen molar-refractivity contribution in [1.29, 1.82) is 0 Å². The SMILES string of the molecule is CC(C)c1c(C(C)C)c(S(=O)(=O)[O-])c2c(c1C(C)C)=c1ccccc1=2.[K+]. The van der Waals surface area contributed by atoms with Crippen molar-refractivity contribution in [3.05, 3.63) is 61.8 Å². The molecule has 0 amide bonds. The number of rotatable bonds is 4. The van der Waals surface area contributed by atoms with Crippen LogP contribution in [0.15, 0.2) is 29.2 Å². The van der Waals surface area contributed by atoms with Crippen LogP contribution >= 0.6 is 0 Å². The molecule has 0 atom stereocenters. The van der Waals surface area contributed by atoms with Crippen LogP contribution in [0.4, 0.5) is 0 Å². The Morgan fingerprint density at radius 2 is 1.15 bits per heavy atom. The van der Waals surface area contributed by atoms with Gasteiger partial charge >= 0.3 is 51.4 Å². The zero-order valence-electron chi connectivity index (χ0n) is 16.7. The Hall–Kier alpha value is -0.0136. The van der Waals surface area contributed by atoms with Crippen molar-refractivity contribution in [2.75, 3.05) is 0 Å². The summed E-state index contributed by atoms with van der Waals surface area (Å²) < 4.78 is 36.8. The van der Waals surface area contributed by atoms with E-state index in [1.54, 1.807) is 0 Å². The first kappa shape index (κ1) is 22.3. The summed E-state index contributed by atoms with van der Waals surface area (Å²) in [7, 11) is -4.57. The van der Waals surface area contributed by atoms with E-state index in [9.17, 15) is 13.0 Å². The maximum atomic E-state index is 12.3. The Morgan fingerprint density at radius 1 is 0.731 bits per heavy atom. The summed E-state index contributed by atoms with van der Waals surface area (Å²) in [6.45, 7) is 12.4. The van der Waals surface area contributed by atoms with Crippen molar-refractivity contribution in [3.63, 3.8) is 0 Å². The minimum atomic E-state index is -4.57. The van der Waals surface area contributed by atoms with E-state index < -0.39 is 10.1 Å². The second-order valence-corrected chi connectivity index (χ2v) is 9.10. The van der Waals surface area contributed by atoms with Crippen LogP contribution in [0.25, 0.3) is 0 Å². The first-order valence-corrected chi connectivity index (χ1v) is 10.3. The zero-order valence-corrected chi connectivity index (χ0v) is 20.6. The standard InChI is InChI=1S/C21H26O3S.K/c1-11(2)16-17(12(3)4)19-14-9-7-8-10-15(14)20(19)21(25(22,23)24)18(16)13(5)6;/h7-13H,1-6H3,(H,22,23,24);/q;+1/p-1. The van der Waals surface area contributed by atoms with Gasteiger partial charge in [0.25, 0.3) is 0 Å². The molecule has 0 N–H and O–H groups in total. The maximum Gasteiger partial charge on any atom is 1.00 e. The van der Waals surface area contributed by atoms with Crippen molar-refractivity contribution in [2.24, 2.45) is 0 Å². The van der Waals surface area contributed by atoms with Gasteiger partial charge < -0.3 is 4.55 Å². The van der Waals surface area contributed by atoms with E-state index in [1.807, 2.05) is 38.1 Å². The molecule has 2 aromatic carbocycles. The molecule has 26 heavy (non-hydrogen) atoms. The predicted molar refractivity (Wildman–Crippen MR) is 98.5 cm³/mol. The fourth-order valence-corrected chi connectivity index (χ4v) is 5.31. The Bertz CT molecular complexity index is 1150. The van der Waals surface area contributed by atoms with Crippen molar-refractivity contribution < 1.29 is 64.4 Å². The zero-order chi connectivity index (χ0) is 18.7. The van der Waals surface area contributed by atoms with Gasteiger partial charge in [-0.05, 0) is 50.1 Å². The predicted octanol–water partition coefficient (Wildman–Crippen LogP) is 1.85. The van der Waals surface area contributed by atoms with Gasteiger partial charge in [0.15, 0.2) is 0 Å². The summed E-state index contributed by atoms with van der Waals surface area (Å²) in [5.41, 5.74) is 2.94. The van der Waals surface area contributed by atoms with Gasteiger partial charge in [0, 0.05) is 5.22 Å². The number of benzene rings is 2. The topological polar surface area (TPSA) is 57.2 Å². The molecule has 0 radical (unpaired) electrons. The Kier molecular flexibility index (Phi) is 6.67. The molecule has 0 spiro atoms. The van der Waals surface area contributed by atoms with Crippen molar-refractivity contribution in [1.82, 2.24) is 0 Å². The Morgan fingerprint density at radius 3 is 1.54 bits per heavy atom. The third-order valence-electron chi connectivity index (χ3n) is 5.02. The first-order chi connectivity index (χ1) is 11.6. The molecule has 0 bridgehead atoms. The van der Waals surface area contributed by atoms with Crippen LogP contribution in [0.1, 0.15) is 76.0 Å². The van der Waals surface area contributed by atoms with Crippen LogP contribution in [0.5, 0.6) is 0 Å². The summed E-state index contributed by atoms with van der Waals surface area (Å²) in [6.07, 6.45) is 0. The molecular formula is C21H25KO3S. The Balaban J connectivity index is 0.00000243. The van der Waals surface area contributed by atoms with Crippen molar-refractivity contribution in [2.45, 2.75) is 64.2 Å². The summed E-state index contributed by atoms with van der Waals surface area (Å²) in [4.78, 5) is 0.00398. The largest absolute Gasteiger partial charge is 1.00 e. The van der Waals surface area contributed by atoms with Gasteiger partial charge in [0.1, 0.15) is 10.1 Å². The van der Waals surface area contributed by atoms with E-state index in [0.717, 1.165) is 21.2 Å². The summed E-state index contributed by atoms with van der Waals surface area (Å²) in [6, 6.07) is 7.78. The van der Waals surface area contributed by atoms with Crippen LogP contribution < -0.4 is 51.4 Å². The van der Waals surface area contributed by atoms with E-state index in [0.29, 0.717) is 10.8 Å². The summed E-state index contributed by atoms with van der Waals surface area (Å²) in [5, 5.41) is 3.55. The van der Waals surface area contributed by atoms with E-state index in [2.05, 4.69) is 27.7 Å². The molecule has 0 fully saturated rings. The molecular weight excluding hydrogens is 371 g/mol. The summed E-state index contributed by atoms with van der Waals surface area (Å²) >= 11 is 0. The van der Waals surface area contributed by atoms with Crippen LogP contribution in [-0.4, -0.2) is 13.0 Å². The quantitative estimate of drug-likeness (QED) is 0.500. The van der Waals surface area contributed by atoms with Gasteiger partial charge in [0.2, 0.25) is 0 Å². The molecule has 0 aliphatic heterocycles. The average molecular weight is 397 g/mol. The van der Waals surface area contributed by atoms with Crippen LogP contribution in [0, 0.1) is 20.9 Å². The fourth-order valence-electron chi connectivity index (χ4n) is 4.23. The molecule has 5 heteroatoms. The van der Waals surface area contributed by atoms with Crippen LogP contribution in [0.2, 0.25) is 0 Å². The van der Waals surface area contributed by atoms with E-state index in [4.69, 9.17) is 0 Å². The molecule has 0 saturated carbocycles. The van der Waals surface area contributed by atoms with Gasteiger partial charge in [0.05, 0.1) is 4.90 Å². The first-order valence-electron chi connectivity index (χ1n) is 8.86. The van der Waals surface area contributed by atoms with E-state index in [-0.39, 0.29) is 74.0 Å². The second kappa shape index (κ2) is 7.78. The molecule has 0 unspecified atom stereocenters. The number of hydrogen-bond donors (Lipinski definition) is 0. The third kappa shape index (κ3) is 3.41. The molecule has 134 valence electrons. The van der Waals surface area contributed by atoms with E-state index >= 15 is 0 Å². The third-order valence-corrected chi connectivity index (χ3v) is 5.94. The van der Waals surface area contributed by atoms with Crippen molar-refractivity contribution in [3.8, 4) is 0 Å². The molecule has 1 aliphatic rings. The molecule has 3 nitrogen and oxygen atoms in total. The molecule has 0 heterocycles. The smallest absolute Gasteiger partial charge is 0.744 e. The van der Waals surface area contributed by atoms with Crippen LogP contribution in [0.3, 0.4) is 0 Å². The molecule has 0 aromatic heterocycles. The van der Waals surface area contributed by atoms with Crippen LogP contribution in [-0.2, 0) is 10.1 Å². The monoisotopic (exact) mass is 396 g/mol. The van der Waals surface area contributed by atoms with Crippen molar-refractivity contribution >= 4 is 10.1 Å². The van der Waals surface area contributed by atoms with Gasteiger partial charge in [-0.25, -0.2) is 8.42 Å². The number of hydrogen-bond acceptors (Lipinski definition) is 3. The molecule has 2 aromatic rings. The minimum Gasteiger partial charge on any atom is -0.744 e. The van der Waals surface area contributed by atoms with Gasteiger partial charge in [-0.3, -0.25) is 0 Å². The molecule has 0 saturated heterocycles. The normalized spacial score (nSPS) is 12.7. The molecule has 1 aliphatic carbocycles. The van der Waals surface area contributed by atoms with Gasteiger partial charge in [-0.1, -0.05) is 65.8 Å². The van der Waals surface area contributed by atoms with Gasteiger partial charge in [-0.2, -0.15) is 0 Å². The minimum absolute atomic E-state index is 0. The fraction of sp³-hybridized carbons (Fsp3) is 0.429. The Labute approximate surface area is 198 Å². The maximum absolute atomic E-state index is 12.3. The molecule has 3 rings (SSSR count). The summed E-state index contributed by atoms with van der Waals surface area (Å²) in [5.74, 6) is 0.362. The van der Waals surface area contributed by atoms with Gasteiger partial charge in [-0.15, -0.1) is 0 Å². The second-order valence-electron chi connectivity index (χ2n) is 7.78. The number of fused-ring (bicyclic) bond motifs is 2.